The van der Waals surface area contributed by atoms with Crippen molar-refractivity contribution in [2.45, 2.75) is 39.2 Å². The van der Waals surface area contributed by atoms with Gasteiger partial charge in [-0.1, -0.05) is 26.2 Å². The van der Waals surface area contributed by atoms with Crippen molar-refractivity contribution in [1.29, 1.82) is 5.26 Å². The summed E-state index contributed by atoms with van der Waals surface area (Å²) < 4.78 is 1.49. The molecular formula is C10H15N3O. The van der Waals surface area contributed by atoms with Crippen molar-refractivity contribution in [3.8, 4) is 6.07 Å². The van der Waals surface area contributed by atoms with Crippen LogP contribution in [-0.2, 0) is 6.54 Å². The lowest BCUT2D eigenvalue weighted by atomic mass is 10.2. The molecule has 0 aromatic carbocycles. The molecule has 0 fully saturated rings. The molecule has 0 saturated heterocycles. The van der Waals surface area contributed by atoms with Crippen molar-refractivity contribution in [3.05, 3.63) is 22.1 Å². The molecule has 0 radical (unpaired) electrons. The van der Waals surface area contributed by atoms with E-state index < -0.39 is 0 Å². The third-order valence-electron chi connectivity index (χ3n) is 2.14. The molecule has 1 aromatic heterocycles. The topological polar surface area (TPSA) is 61.6 Å². The molecular weight excluding hydrogens is 178 g/mol. The minimum Gasteiger partial charge on any atom is -0.285 e. The molecule has 0 atom stereocenters. The van der Waals surface area contributed by atoms with Gasteiger partial charge in [-0.05, 0) is 6.42 Å². The van der Waals surface area contributed by atoms with Gasteiger partial charge in [0.25, 0.3) is 5.56 Å². The Morgan fingerprint density at radius 1 is 1.50 bits per heavy atom. The van der Waals surface area contributed by atoms with Crippen LogP contribution in [0.2, 0.25) is 0 Å². The molecule has 0 saturated carbocycles. The molecule has 0 aliphatic carbocycles. The molecule has 1 rings (SSSR count). The zero-order chi connectivity index (χ0) is 10.4. The predicted octanol–water partition coefficient (Wildman–Crippen LogP) is 1.63. The summed E-state index contributed by atoms with van der Waals surface area (Å²) in [6, 6.07) is 3.25. The van der Waals surface area contributed by atoms with E-state index in [0.717, 1.165) is 12.8 Å². The highest BCUT2D eigenvalue weighted by Gasteiger charge is 2.00. The highest BCUT2D eigenvalue weighted by atomic mass is 16.1. The molecule has 76 valence electrons. The van der Waals surface area contributed by atoms with Gasteiger partial charge in [-0.25, -0.2) is 0 Å². The third kappa shape index (κ3) is 2.77. The molecule has 1 aromatic rings. The number of nitriles is 1. The summed E-state index contributed by atoms with van der Waals surface area (Å²) >= 11 is 0. The Hall–Kier alpha value is -1.50. The Morgan fingerprint density at radius 2 is 2.29 bits per heavy atom. The maximum absolute atomic E-state index is 11.2. The second-order valence-electron chi connectivity index (χ2n) is 3.33. The standard InChI is InChI=1S/C10H15N3O/c1-2-3-4-5-6-13-10(14)7-9(8-11)12-13/h7,12H,2-6H2,1H3. The van der Waals surface area contributed by atoms with Gasteiger partial charge in [0.05, 0.1) is 0 Å². The zero-order valence-corrected chi connectivity index (χ0v) is 8.42. The Morgan fingerprint density at radius 3 is 2.86 bits per heavy atom. The van der Waals surface area contributed by atoms with Crippen LogP contribution in [-0.4, -0.2) is 9.78 Å². The van der Waals surface area contributed by atoms with Gasteiger partial charge in [0, 0.05) is 12.6 Å². The largest absolute Gasteiger partial charge is 0.285 e. The number of unbranched alkanes of at least 4 members (excludes halogenated alkanes) is 3. The molecule has 4 nitrogen and oxygen atoms in total. The van der Waals surface area contributed by atoms with E-state index in [2.05, 4.69) is 12.0 Å². The summed E-state index contributed by atoms with van der Waals surface area (Å²) in [4.78, 5) is 11.2. The Kier molecular flexibility index (Phi) is 3.99. The van der Waals surface area contributed by atoms with Crippen molar-refractivity contribution in [1.82, 2.24) is 9.78 Å². The Labute approximate surface area is 83.1 Å². The van der Waals surface area contributed by atoms with E-state index in [1.165, 1.54) is 23.6 Å². The SMILES string of the molecule is CCCCCCn1[nH]c(C#N)cc1=O. The second-order valence-corrected chi connectivity index (χ2v) is 3.33. The van der Waals surface area contributed by atoms with E-state index in [-0.39, 0.29) is 5.56 Å². The Bertz CT molecular complexity index is 369. The van der Waals surface area contributed by atoms with Gasteiger partial charge in [0.2, 0.25) is 0 Å². The van der Waals surface area contributed by atoms with Crippen LogP contribution in [0.4, 0.5) is 0 Å². The van der Waals surface area contributed by atoms with Gasteiger partial charge in [-0.15, -0.1) is 0 Å². The fraction of sp³-hybridized carbons (Fsp3) is 0.600. The zero-order valence-electron chi connectivity index (χ0n) is 8.42. The number of aromatic nitrogens is 2. The molecule has 4 heteroatoms. The number of aromatic amines is 1. The maximum Gasteiger partial charge on any atom is 0.267 e. The highest BCUT2D eigenvalue weighted by molar-refractivity contribution is 5.16. The van der Waals surface area contributed by atoms with E-state index in [4.69, 9.17) is 5.26 Å². The summed E-state index contributed by atoms with van der Waals surface area (Å²) in [7, 11) is 0. The van der Waals surface area contributed by atoms with Gasteiger partial charge in [-0.3, -0.25) is 14.6 Å². The van der Waals surface area contributed by atoms with Crippen LogP contribution in [0.15, 0.2) is 10.9 Å². The Balaban J connectivity index is 2.47. The van der Waals surface area contributed by atoms with E-state index in [1.54, 1.807) is 0 Å². The molecule has 0 aliphatic rings. The minimum atomic E-state index is -0.113. The van der Waals surface area contributed by atoms with Crippen LogP contribution in [0.1, 0.15) is 38.3 Å². The summed E-state index contributed by atoms with van der Waals surface area (Å²) in [5, 5.41) is 11.3. The molecule has 0 aliphatic heterocycles. The number of hydrogen-bond acceptors (Lipinski definition) is 2. The number of nitrogens with one attached hydrogen (secondary N) is 1. The van der Waals surface area contributed by atoms with Crippen LogP contribution in [0.25, 0.3) is 0 Å². The monoisotopic (exact) mass is 193 g/mol. The summed E-state index contributed by atoms with van der Waals surface area (Å²) in [5.74, 6) is 0. The smallest absolute Gasteiger partial charge is 0.267 e. The van der Waals surface area contributed by atoms with Gasteiger partial charge < -0.3 is 0 Å². The van der Waals surface area contributed by atoms with Gasteiger partial charge in [0.1, 0.15) is 11.8 Å². The van der Waals surface area contributed by atoms with Gasteiger partial charge in [-0.2, -0.15) is 5.26 Å². The lowest BCUT2D eigenvalue weighted by molar-refractivity contribution is 0.529. The second kappa shape index (κ2) is 5.28. The first-order valence-electron chi connectivity index (χ1n) is 4.98. The fourth-order valence-electron chi connectivity index (χ4n) is 1.35. The van der Waals surface area contributed by atoms with E-state index in [0.29, 0.717) is 12.2 Å². The number of hydrogen-bond donors (Lipinski definition) is 1. The maximum atomic E-state index is 11.2. The first kappa shape index (κ1) is 10.6. The molecule has 1 N–H and O–H groups in total. The average molecular weight is 193 g/mol. The number of nitrogens with zero attached hydrogens (tertiary/aromatic N) is 2. The van der Waals surface area contributed by atoms with Crippen LogP contribution < -0.4 is 5.56 Å². The third-order valence-corrected chi connectivity index (χ3v) is 2.14. The summed E-state index contributed by atoms with van der Waals surface area (Å²) in [6.07, 6.45) is 4.49. The molecule has 0 spiro atoms. The van der Waals surface area contributed by atoms with Gasteiger partial charge in [0.15, 0.2) is 0 Å². The number of aryl methyl sites for hydroxylation is 1. The van der Waals surface area contributed by atoms with Crippen molar-refractivity contribution in [2.75, 3.05) is 0 Å². The molecule has 14 heavy (non-hydrogen) atoms. The van der Waals surface area contributed by atoms with Gasteiger partial charge >= 0.3 is 0 Å². The molecule has 0 amide bonds. The van der Waals surface area contributed by atoms with Crippen molar-refractivity contribution in [3.63, 3.8) is 0 Å². The van der Waals surface area contributed by atoms with Crippen molar-refractivity contribution >= 4 is 0 Å². The van der Waals surface area contributed by atoms with Crippen LogP contribution in [0.5, 0.6) is 0 Å². The highest BCUT2D eigenvalue weighted by Crippen LogP contribution is 2.00. The fourth-order valence-corrected chi connectivity index (χ4v) is 1.35. The molecule has 0 bridgehead atoms. The van der Waals surface area contributed by atoms with Crippen LogP contribution >= 0.6 is 0 Å². The molecule has 0 unspecified atom stereocenters. The molecule has 1 heterocycles. The van der Waals surface area contributed by atoms with E-state index in [1.807, 2.05) is 6.07 Å². The summed E-state index contributed by atoms with van der Waals surface area (Å²) in [6.45, 7) is 2.83. The van der Waals surface area contributed by atoms with Crippen molar-refractivity contribution < 1.29 is 0 Å². The summed E-state index contributed by atoms with van der Waals surface area (Å²) in [5.41, 5.74) is 0.225. The predicted molar refractivity (Wildman–Crippen MR) is 53.9 cm³/mol. The number of rotatable bonds is 5. The van der Waals surface area contributed by atoms with Crippen LogP contribution in [0.3, 0.4) is 0 Å². The minimum absolute atomic E-state index is 0.113. The first-order valence-corrected chi connectivity index (χ1v) is 4.98. The quantitative estimate of drug-likeness (QED) is 0.722. The van der Waals surface area contributed by atoms with E-state index >= 15 is 0 Å². The normalized spacial score (nSPS) is 10.0. The average Bonchev–Trinajstić information content (AvgIpc) is 2.54. The number of H-pyrrole nitrogens is 1. The van der Waals surface area contributed by atoms with E-state index in [9.17, 15) is 4.79 Å². The van der Waals surface area contributed by atoms with Crippen molar-refractivity contribution in [2.24, 2.45) is 0 Å². The van der Waals surface area contributed by atoms with Crippen LogP contribution in [0, 0.1) is 11.3 Å². The lowest BCUT2D eigenvalue weighted by Gasteiger charge is -2.00. The lowest BCUT2D eigenvalue weighted by Crippen LogP contribution is -2.15. The first-order chi connectivity index (χ1) is 6.77.